The number of rotatable bonds is 3. The van der Waals surface area contributed by atoms with Gasteiger partial charge in [-0.15, -0.1) is 0 Å². The van der Waals surface area contributed by atoms with Gasteiger partial charge in [0.15, 0.2) is 0 Å². The number of aromatic carboxylic acids is 1. The highest BCUT2D eigenvalue weighted by molar-refractivity contribution is 5.94. The second-order valence-electron chi connectivity index (χ2n) is 4.02. The summed E-state index contributed by atoms with van der Waals surface area (Å²) in [6.45, 7) is 0. The van der Waals surface area contributed by atoms with Gasteiger partial charge in [-0.3, -0.25) is 4.98 Å². The molecule has 0 saturated carbocycles. The molecule has 0 unspecified atom stereocenters. The summed E-state index contributed by atoms with van der Waals surface area (Å²) < 4.78 is 5.14. The van der Waals surface area contributed by atoms with Crippen molar-refractivity contribution >= 4 is 5.97 Å². The molecule has 0 saturated heterocycles. The van der Waals surface area contributed by atoms with Crippen LogP contribution in [0.2, 0.25) is 0 Å². The van der Waals surface area contributed by atoms with Crippen LogP contribution in [0.4, 0.5) is 0 Å². The van der Waals surface area contributed by atoms with Crippen molar-refractivity contribution in [1.82, 2.24) is 15.1 Å². The second-order valence-corrected chi connectivity index (χ2v) is 4.02. The first-order chi connectivity index (χ1) is 9.75. The van der Waals surface area contributed by atoms with Crippen LogP contribution in [0.25, 0.3) is 22.8 Å². The van der Waals surface area contributed by atoms with Crippen LogP contribution >= 0.6 is 0 Å². The van der Waals surface area contributed by atoms with Crippen molar-refractivity contribution < 1.29 is 14.4 Å². The lowest BCUT2D eigenvalue weighted by Gasteiger charge is -1.99. The maximum Gasteiger partial charge on any atom is 0.336 e. The van der Waals surface area contributed by atoms with Gasteiger partial charge < -0.3 is 9.63 Å². The van der Waals surface area contributed by atoms with Crippen molar-refractivity contribution in [2.24, 2.45) is 0 Å². The van der Waals surface area contributed by atoms with Crippen molar-refractivity contribution in [3.63, 3.8) is 0 Å². The number of hydrogen-bond donors (Lipinski definition) is 1. The van der Waals surface area contributed by atoms with Crippen LogP contribution in [0.5, 0.6) is 0 Å². The molecule has 6 nitrogen and oxygen atoms in total. The van der Waals surface area contributed by atoms with Crippen molar-refractivity contribution in [3.05, 3.63) is 54.4 Å². The van der Waals surface area contributed by atoms with Crippen LogP contribution in [0.15, 0.2) is 53.3 Å². The Morgan fingerprint density at radius 3 is 2.75 bits per heavy atom. The van der Waals surface area contributed by atoms with E-state index < -0.39 is 5.97 Å². The van der Waals surface area contributed by atoms with Crippen molar-refractivity contribution in [2.75, 3.05) is 0 Å². The summed E-state index contributed by atoms with van der Waals surface area (Å²) in [4.78, 5) is 19.4. The van der Waals surface area contributed by atoms with Gasteiger partial charge in [0.1, 0.15) is 0 Å². The number of nitrogens with zero attached hydrogens (tertiary/aromatic N) is 3. The summed E-state index contributed by atoms with van der Waals surface area (Å²) in [5.41, 5.74) is 1.21. The Morgan fingerprint density at radius 1 is 1.15 bits per heavy atom. The number of carbonyl (C=O) groups is 1. The van der Waals surface area contributed by atoms with Crippen LogP contribution in [0.3, 0.4) is 0 Å². The third-order valence-corrected chi connectivity index (χ3v) is 2.73. The molecule has 20 heavy (non-hydrogen) atoms. The monoisotopic (exact) mass is 267 g/mol. The van der Waals surface area contributed by atoms with Gasteiger partial charge in [-0.05, 0) is 24.3 Å². The number of hydrogen-bond acceptors (Lipinski definition) is 5. The van der Waals surface area contributed by atoms with Gasteiger partial charge >= 0.3 is 5.97 Å². The van der Waals surface area contributed by atoms with Crippen LogP contribution in [0.1, 0.15) is 10.4 Å². The first kappa shape index (κ1) is 12.0. The average molecular weight is 267 g/mol. The first-order valence-corrected chi connectivity index (χ1v) is 5.82. The number of aromatic nitrogens is 3. The van der Waals surface area contributed by atoms with Crippen LogP contribution in [-0.2, 0) is 0 Å². The molecular weight excluding hydrogens is 258 g/mol. The molecule has 2 heterocycles. The molecule has 0 atom stereocenters. The van der Waals surface area contributed by atoms with E-state index in [9.17, 15) is 4.79 Å². The molecular formula is C14H9N3O3. The van der Waals surface area contributed by atoms with E-state index in [0.717, 1.165) is 0 Å². The van der Waals surface area contributed by atoms with Crippen molar-refractivity contribution in [3.8, 4) is 22.8 Å². The second kappa shape index (κ2) is 4.93. The van der Waals surface area contributed by atoms with Gasteiger partial charge in [0.05, 0.1) is 11.1 Å². The molecule has 0 aliphatic carbocycles. The molecule has 6 heteroatoms. The molecule has 2 aromatic heterocycles. The molecule has 0 fully saturated rings. The molecule has 0 aliphatic heterocycles. The Hall–Kier alpha value is -3.02. The Bertz CT molecular complexity index is 753. The van der Waals surface area contributed by atoms with Gasteiger partial charge in [-0.25, -0.2) is 4.79 Å². The fraction of sp³-hybridized carbons (Fsp3) is 0. The Kier molecular flexibility index (Phi) is 2.96. The lowest BCUT2D eigenvalue weighted by molar-refractivity contribution is 0.0697. The number of benzene rings is 1. The SMILES string of the molecule is O=C(O)c1ccccc1-c1nc(-c2cccnc2)no1. The predicted octanol–water partition coefficient (Wildman–Crippen LogP) is 2.50. The Morgan fingerprint density at radius 2 is 2.00 bits per heavy atom. The summed E-state index contributed by atoms with van der Waals surface area (Å²) in [7, 11) is 0. The molecule has 0 radical (unpaired) electrons. The minimum atomic E-state index is -1.04. The summed E-state index contributed by atoms with van der Waals surface area (Å²) in [6.07, 6.45) is 3.25. The van der Waals surface area contributed by atoms with Gasteiger partial charge in [0.25, 0.3) is 5.89 Å². The molecule has 1 aromatic carbocycles. The average Bonchev–Trinajstić information content (AvgIpc) is 2.98. The topological polar surface area (TPSA) is 89.1 Å². The maximum atomic E-state index is 11.2. The largest absolute Gasteiger partial charge is 0.478 e. The minimum absolute atomic E-state index is 0.119. The zero-order valence-electron chi connectivity index (χ0n) is 10.2. The number of pyridine rings is 1. The van der Waals surface area contributed by atoms with Gasteiger partial charge in [-0.2, -0.15) is 4.98 Å². The molecule has 98 valence electrons. The standard InChI is InChI=1S/C14H9N3O3/c18-14(19)11-6-2-1-5-10(11)13-16-12(17-20-13)9-4-3-7-15-8-9/h1-8H,(H,18,19). The first-order valence-electron chi connectivity index (χ1n) is 5.82. The highest BCUT2D eigenvalue weighted by Crippen LogP contribution is 2.24. The highest BCUT2D eigenvalue weighted by Gasteiger charge is 2.17. The van der Waals surface area contributed by atoms with Crippen molar-refractivity contribution in [1.29, 1.82) is 0 Å². The summed E-state index contributed by atoms with van der Waals surface area (Å²) in [6, 6.07) is 10.0. The summed E-state index contributed by atoms with van der Waals surface area (Å²) >= 11 is 0. The maximum absolute atomic E-state index is 11.2. The van der Waals surface area contributed by atoms with E-state index >= 15 is 0 Å². The Balaban J connectivity index is 2.05. The fourth-order valence-electron chi connectivity index (χ4n) is 1.80. The lowest BCUT2D eigenvalue weighted by atomic mass is 10.1. The molecule has 0 amide bonds. The van der Waals surface area contributed by atoms with E-state index in [2.05, 4.69) is 15.1 Å². The van der Waals surface area contributed by atoms with Crippen LogP contribution < -0.4 is 0 Å². The van der Waals surface area contributed by atoms with Gasteiger partial charge in [-0.1, -0.05) is 17.3 Å². The third-order valence-electron chi connectivity index (χ3n) is 2.73. The van der Waals surface area contributed by atoms with Crippen LogP contribution in [-0.4, -0.2) is 26.2 Å². The minimum Gasteiger partial charge on any atom is -0.478 e. The van der Waals surface area contributed by atoms with Gasteiger partial charge in [0, 0.05) is 18.0 Å². The molecule has 3 aromatic rings. The van der Waals surface area contributed by atoms with E-state index in [0.29, 0.717) is 17.0 Å². The molecule has 0 bridgehead atoms. The van der Waals surface area contributed by atoms with Crippen LogP contribution in [0, 0.1) is 0 Å². The number of carboxylic acid groups (broad SMARTS) is 1. The zero-order valence-corrected chi connectivity index (χ0v) is 10.2. The van der Waals surface area contributed by atoms with E-state index in [1.165, 1.54) is 6.07 Å². The number of carboxylic acids is 1. The summed E-state index contributed by atoms with van der Waals surface area (Å²) in [5, 5.41) is 13.0. The smallest absolute Gasteiger partial charge is 0.336 e. The van der Waals surface area contributed by atoms with E-state index in [1.54, 1.807) is 42.7 Å². The molecule has 3 rings (SSSR count). The quantitative estimate of drug-likeness (QED) is 0.784. The van der Waals surface area contributed by atoms with Gasteiger partial charge in [0.2, 0.25) is 5.82 Å². The molecule has 1 N–H and O–H groups in total. The normalized spacial score (nSPS) is 10.4. The fourth-order valence-corrected chi connectivity index (χ4v) is 1.80. The van der Waals surface area contributed by atoms with E-state index in [1.807, 2.05) is 0 Å². The zero-order chi connectivity index (χ0) is 13.9. The Labute approximate surface area is 113 Å². The van der Waals surface area contributed by atoms with E-state index in [-0.39, 0.29) is 11.5 Å². The van der Waals surface area contributed by atoms with E-state index in [4.69, 9.17) is 9.63 Å². The summed E-state index contributed by atoms with van der Waals surface area (Å²) in [5.74, 6) is -0.503. The predicted molar refractivity (Wildman–Crippen MR) is 69.9 cm³/mol. The third kappa shape index (κ3) is 2.14. The highest BCUT2D eigenvalue weighted by atomic mass is 16.5. The van der Waals surface area contributed by atoms with Crippen molar-refractivity contribution in [2.45, 2.75) is 0 Å². The molecule has 0 spiro atoms. The lowest BCUT2D eigenvalue weighted by Crippen LogP contribution is -1.99. The molecule has 0 aliphatic rings.